The summed E-state index contributed by atoms with van der Waals surface area (Å²) in [6.07, 6.45) is 2.46. The van der Waals surface area contributed by atoms with Crippen molar-refractivity contribution >= 4 is 21.7 Å². The van der Waals surface area contributed by atoms with Gasteiger partial charge in [-0.25, -0.2) is 8.42 Å². The van der Waals surface area contributed by atoms with E-state index in [0.29, 0.717) is 30.1 Å². The predicted octanol–water partition coefficient (Wildman–Crippen LogP) is 1.46. The molecule has 1 atom stereocenters. The van der Waals surface area contributed by atoms with Crippen LogP contribution < -0.4 is 20.3 Å². The quantitative estimate of drug-likeness (QED) is 0.507. The lowest BCUT2D eigenvalue weighted by molar-refractivity contribution is -0.122. The summed E-state index contributed by atoms with van der Waals surface area (Å²) in [6, 6.07) is 4.76. The number of benzene rings is 1. The Kier molecular flexibility index (Phi) is 7.46. The highest BCUT2D eigenvalue weighted by atomic mass is 32.2. The standard InChI is InChI=1S/C18H26N2O6S/c1-3-4-8-26-15-6-5-14(11-16(15)25-2)18(22)20-19-17(21)10-13-7-9-27(23,24)12-13/h5-6,11,13H,3-4,7-10,12H2,1-2H3,(H,19,21)(H,20,22)/t13-/m0/s1. The molecule has 1 aliphatic heterocycles. The Bertz CT molecular complexity index is 778. The maximum atomic E-state index is 12.2. The second kappa shape index (κ2) is 9.59. The van der Waals surface area contributed by atoms with Crippen molar-refractivity contribution in [3.63, 3.8) is 0 Å². The fraction of sp³-hybridized carbons (Fsp3) is 0.556. The molecule has 0 radical (unpaired) electrons. The first-order valence-electron chi connectivity index (χ1n) is 8.95. The Morgan fingerprint density at radius 1 is 1.22 bits per heavy atom. The molecule has 1 aromatic rings. The molecule has 1 aromatic carbocycles. The van der Waals surface area contributed by atoms with Gasteiger partial charge in [0.05, 0.1) is 25.2 Å². The van der Waals surface area contributed by atoms with Crippen molar-refractivity contribution in [2.45, 2.75) is 32.6 Å². The second-order valence-electron chi connectivity index (χ2n) is 6.54. The molecule has 1 saturated heterocycles. The van der Waals surface area contributed by atoms with E-state index >= 15 is 0 Å². The van der Waals surface area contributed by atoms with Crippen LogP contribution in [0.3, 0.4) is 0 Å². The Hall–Kier alpha value is -2.29. The van der Waals surface area contributed by atoms with Gasteiger partial charge in [0.15, 0.2) is 21.3 Å². The summed E-state index contributed by atoms with van der Waals surface area (Å²) in [4.78, 5) is 24.1. The molecule has 0 spiro atoms. The largest absolute Gasteiger partial charge is 0.493 e. The van der Waals surface area contributed by atoms with Gasteiger partial charge in [-0.15, -0.1) is 0 Å². The number of ether oxygens (including phenoxy) is 2. The number of hydrogen-bond donors (Lipinski definition) is 2. The molecule has 2 N–H and O–H groups in total. The molecule has 1 aliphatic rings. The summed E-state index contributed by atoms with van der Waals surface area (Å²) >= 11 is 0. The number of carbonyl (C=O) groups excluding carboxylic acids is 2. The first-order valence-corrected chi connectivity index (χ1v) is 10.8. The zero-order valence-electron chi connectivity index (χ0n) is 15.6. The monoisotopic (exact) mass is 398 g/mol. The van der Waals surface area contributed by atoms with Gasteiger partial charge in [-0.1, -0.05) is 13.3 Å². The normalized spacial score (nSPS) is 17.9. The van der Waals surface area contributed by atoms with E-state index in [4.69, 9.17) is 9.47 Å². The summed E-state index contributed by atoms with van der Waals surface area (Å²) in [5, 5.41) is 0. The summed E-state index contributed by atoms with van der Waals surface area (Å²) < 4.78 is 33.7. The molecule has 9 heteroatoms. The van der Waals surface area contributed by atoms with Crippen LogP contribution in [-0.4, -0.2) is 45.5 Å². The zero-order chi connectivity index (χ0) is 19.9. The molecule has 0 bridgehead atoms. The first-order chi connectivity index (χ1) is 12.8. The molecule has 27 heavy (non-hydrogen) atoms. The van der Waals surface area contributed by atoms with E-state index in [2.05, 4.69) is 17.8 Å². The van der Waals surface area contributed by atoms with Gasteiger partial charge in [0.25, 0.3) is 5.91 Å². The van der Waals surface area contributed by atoms with E-state index in [-0.39, 0.29) is 23.8 Å². The lowest BCUT2D eigenvalue weighted by Gasteiger charge is -2.13. The van der Waals surface area contributed by atoms with Crippen molar-refractivity contribution in [1.29, 1.82) is 0 Å². The molecule has 1 fully saturated rings. The average Bonchev–Trinajstić information content (AvgIpc) is 2.98. The van der Waals surface area contributed by atoms with Gasteiger partial charge >= 0.3 is 0 Å². The molecule has 2 amide bonds. The highest BCUT2D eigenvalue weighted by Gasteiger charge is 2.29. The van der Waals surface area contributed by atoms with Gasteiger partial charge in [0.2, 0.25) is 5.91 Å². The summed E-state index contributed by atoms with van der Waals surface area (Å²) in [7, 11) is -1.54. The first kappa shape index (κ1) is 21.0. The number of sulfone groups is 1. The molecule has 150 valence electrons. The lowest BCUT2D eigenvalue weighted by Crippen LogP contribution is -2.42. The van der Waals surface area contributed by atoms with Gasteiger partial charge in [0, 0.05) is 12.0 Å². The second-order valence-corrected chi connectivity index (χ2v) is 8.77. The number of nitrogens with one attached hydrogen (secondary N) is 2. The minimum Gasteiger partial charge on any atom is -0.493 e. The molecule has 0 unspecified atom stereocenters. The van der Waals surface area contributed by atoms with E-state index in [9.17, 15) is 18.0 Å². The van der Waals surface area contributed by atoms with Crippen LogP contribution in [-0.2, 0) is 14.6 Å². The molecule has 0 aromatic heterocycles. The topological polar surface area (TPSA) is 111 Å². The van der Waals surface area contributed by atoms with E-state index in [0.717, 1.165) is 12.8 Å². The Balaban J connectivity index is 1.86. The number of unbranched alkanes of at least 4 members (excludes halogenated alkanes) is 1. The van der Waals surface area contributed by atoms with Crippen LogP contribution in [0, 0.1) is 5.92 Å². The Labute approximate surface area is 159 Å². The van der Waals surface area contributed by atoms with Crippen LogP contribution in [0.25, 0.3) is 0 Å². The van der Waals surface area contributed by atoms with Crippen molar-refractivity contribution in [3.05, 3.63) is 23.8 Å². The van der Waals surface area contributed by atoms with E-state index in [1.54, 1.807) is 12.1 Å². The summed E-state index contributed by atoms with van der Waals surface area (Å²) in [5.41, 5.74) is 4.96. The van der Waals surface area contributed by atoms with Crippen molar-refractivity contribution in [2.24, 2.45) is 5.92 Å². The third-order valence-electron chi connectivity index (χ3n) is 4.30. The summed E-state index contributed by atoms with van der Waals surface area (Å²) in [6.45, 7) is 2.62. The number of carbonyl (C=O) groups is 2. The van der Waals surface area contributed by atoms with Crippen LogP contribution in [0.4, 0.5) is 0 Å². The molecular formula is C18H26N2O6S. The van der Waals surface area contributed by atoms with Crippen LogP contribution in [0.15, 0.2) is 18.2 Å². The Morgan fingerprint density at radius 2 is 2.00 bits per heavy atom. The smallest absolute Gasteiger partial charge is 0.269 e. The maximum absolute atomic E-state index is 12.2. The molecule has 8 nitrogen and oxygen atoms in total. The van der Waals surface area contributed by atoms with Gasteiger partial charge < -0.3 is 9.47 Å². The van der Waals surface area contributed by atoms with Crippen molar-refractivity contribution < 1.29 is 27.5 Å². The number of methoxy groups -OCH3 is 1. The number of rotatable bonds is 8. The van der Waals surface area contributed by atoms with Crippen molar-refractivity contribution in [2.75, 3.05) is 25.2 Å². The van der Waals surface area contributed by atoms with Crippen LogP contribution in [0.2, 0.25) is 0 Å². The van der Waals surface area contributed by atoms with Crippen LogP contribution in [0.5, 0.6) is 11.5 Å². The third kappa shape index (κ3) is 6.42. The Morgan fingerprint density at radius 3 is 2.63 bits per heavy atom. The minimum atomic E-state index is -3.03. The minimum absolute atomic E-state index is 0.0189. The lowest BCUT2D eigenvalue weighted by atomic mass is 10.1. The maximum Gasteiger partial charge on any atom is 0.269 e. The average molecular weight is 398 g/mol. The SMILES string of the molecule is CCCCOc1ccc(C(=O)NNC(=O)C[C@@H]2CCS(=O)(=O)C2)cc1OC. The predicted molar refractivity (Wildman–Crippen MR) is 100 cm³/mol. The van der Waals surface area contributed by atoms with Gasteiger partial charge in [-0.05, 0) is 37.0 Å². The van der Waals surface area contributed by atoms with E-state index < -0.39 is 21.7 Å². The van der Waals surface area contributed by atoms with E-state index in [1.807, 2.05) is 0 Å². The highest BCUT2D eigenvalue weighted by molar-refractivity contribution is 7.91. The number of amides is 2. The zero-order valence-corrected chi connectivity index (χ0v) is 16.4. The highest BCUT2D eigenvalue weighted by Crippen LogP contribution is 2.28. The molecule has 2 rings (SSSR count). The number of hydrogen-bond acceptors (Lipinski definition) is 6. The number of hydrazine groups is 1. The molecule has 0 saturated carbocycles. The van der Waals surface area contributed by atoms with Crippen LogP contribution >= 0.6 is 0 Å². The fourth-order valence-corrected chi connectivity index (χ4v) is 4.66. The summed E-state index contributed by atoms with van der Waals surface area (Å²) in [5.74, 6) is -0.00558. The van der Waals surface area contributed by atoms with E-state index in [1.165, 1.54) is 13.2 Å². The van der Waals surface area contributed by atoms with Gasteiger partial charge in [-0.2, -0.15) is 0 Å². The van der Waals surface area contributed by atoms with Crippen LogP contribution in [0.1, 0.15) is 43.0 Å². The van der Waals surface area contributed by atoms with Gasteiger partial charge in [-0.3, -0.25) is 20.4 Å². The molecule has 0 aliphatic carbocycles. The molecular weight excluding hydrogens is 372 g/mol. The third-order valence-corrected chi connectivity index (χ3v) is 6.13. The van der Waals surface area contributed by atoms with Crippen molar-refractivity contribution in [1.82, 2.24) is 10.9 Å². The fourth-order valence-electron chi connectivity index (χ4n) is 2.80. The van der Waals surface area contributed by atoms with Gasteiger partial charge in [0.1, 0.15) is 0 Å². The van der Waals surface area contributed by atoms with Crippen molar-refractivity contribution in [3.8, 4) is 11.5 Å². The molecule has 1 heterocycles.